The molecule has 4 rings (SSSR count). The number of carbonyl (C=O) groups excluding carboxylic acids is 2. The quantitative estimate of drug-likeness (QED) is 0.569. The molecule has 0 bridgehead atoms. The molecule has 6 nitrogen and oxygen atoms in total. The predicted molar refractivity (Wildman–Crippen MR) is 128 cm³/mol. The molecule has 2 aromatic rings. The zero-order chi connectivity index (χ0) is 23.7. The third-order valence-corrected chi connectivity index (χ3v) is 6.79. The second-order valence-corrected chi connectivity index (χ2v) is 9.09. The van der Waals surface area contributed by atoms with Gasteiger partial charge in [0.05, 0.1) is 26.9 Å². The van der Waals surface area contributed by atoms with E-state index in [0.29, 0.717) is 41.2 Å². The first-order valence-corrected chi connectivity index (χ1v) is 11.5. The molecular weight excluding hydrogens is 486 g/mol. The van der Waals surface area contributed by atoms with E-state index in [1.165, 1.54) is 7.11 Å². The molecule has 1 N–H and O–H groups in total. The van der Waals surface area contributed by atoms with Crippen LogP contribution in [0.25, 0.3) is 0 Å². The Hall–Kier alpha value is -3.06. The van der Waals surface area contributed by atoms with Crippen molar-refractivity contribution in [2.75, 3.05) is 21.3 Å². The number of ketones is 1. The molecule has 0 saturated carbocycles. The number of benzene rings is 2. The highest BCUT2D eigenvalue weighted by molar-refractivity contribution is 9.10. The number of ether oxygens (including phenoxy) is 3. The van der Waals surface area contributed by atoms with E-state index in [1.807, 2.05) is 49.4 Å². The van der Waals surface area contributed by atoms with Gasteiger partial charge in [-0.15, -0.1) is 0 Å². The average Bonchev–Trinajstić information content (AvgIpc) is 2.82. The van der Waals surface area contributed by atoms with Crippen LogP contribution in [0.3, 0.4) is 0 Å². The number of rotatable bonds is 5. The fourth-order valence-corrected chi connectivity index (χ4v) is 5.20. The Morgan fingerprint density at radius 3 is 2.42 bits per heavy atom. The summed E-state index contributed by atoms with van der Waals surface area (Å²) in [6, 6.07) is 13.5. The van der Waals surface area contributed by atoms with Crippen LogP contribution in [0.5, 0.6) is 11.5 Å². The summed E-state index contributed by atoms with van der Waals surface area (Å²) in [5.74, 6) is 0.364. The lowest BCUT2D eigenvalue weighted by Crippen LogP contribution is -2.36. The lowest BCUT2D eigenvalue weighted by Gasteiger charge is -2.36. The number of hydrogen-bond donors (Lipinski definition) is 1. The molecule has 1 aliphatic heterocycles. The van der Waals surface area contributed by atoms with Crippen LogP contribution < -0.4 is 14.8 Å². The summed E-state index contributed by atoms with van der Waals surface area (Å²) in [5, 5.41) is 3.35. The number of halogens is 1. The highest BCUT2D eigenvalue weighted by Gasteiger charge is 2.41. The number of carbonyl (C=O) groups is 2. The molecule has 0 aromatic heterocycles. The van der Waals surface area contributed by atoms with Gasteiger partial charge in [-0.05, 0) is 54.7 Å². The van der Waals surface area contributed by atoms with Gasteiger partial charge in [0, 0.05) is 33.8 Å². The SMILES string of the molecule is COC(=O)C1=C(C)NC2=C(C(=O)C[C@H](c3ccc(OC)c(OC)c3)C2)[C@@H]1c1cccc(Br)c1. The Morgan fingerprint density at radius 2 is 1.76 bits per heavy atom. The second kappa shape index (κ2) is 9.43. The van der Waals surface area contributed by atoms with Crippen molar-refractivity contribution >= 4 is 27.7 Å². The van der Waals surface area contributed by atoms with E-state index in [0.717, 1.165) is 21.3 Å². The summed E-state index contributed by atoms with van der Waals surface area (Å²) in [6.07, 6.45) is 0.987. The van der Waals surface area contributed by atoms with Gasteiger partial charge in [0.1, 0.15) is 0 Å². The smallest absolute Gasteiger partial charge is 0.336 e. The fraction of sp³-hybridized carbons (Fsp3) is 0.308. The van der Waals surface area contributed by atoms with Gasteiger partial charge in [0.15, 0.2) is 17.3 Å². The summed E-state index contributed by atoms with van der Waals surface area (Å²) in [7, 11) is 4.56. The van der Waals surface area contributed by atoms with Crippen LogP contribution in [0.4, 0.5) is 0 Å². The van der Waals surface area contributed by atoms with Gasteiger partial charge >= 0.3 is 5.97 Å². The van der Waals surface area contributed by atoms with Gasteiger partial charge in [-0.3, -0.25) is 4.79 Å². The van der Waals surface area contributed by atoms with Crippen molar-refractivity contribution in [2.24, 2.45) is 0 Å². The lowest BCUT2D eigenvalue weighted by molar-refractivity contribution is -0.136. The molecule has 0 fully saturated rings. The van der Waals surface area contributed by atoms with Crippen LogP contribution in [0, 0.1) is 0 Å². The van der Waals surface area contributed by atoms with Crippen LogP contribution >= 0.6 is 15.9 Å². The van der Waals surface area contributed by atoms with Crippen LogP contribution in [0.1, 0.15) is 42.7 Å². The zero-order valence-electron chi connectivity index (χ0n) is 19.0. The standard InChI is InChI=1S/C26H26BrNO5/c1-14-23(26(30)33-4)24(16-6-5-7-18(27)10-16)25-19(28-14)11-17(12-20(25)29)15-8-9-21(31-2)22(13-15)32-3/h5-10,13,17,24,28H,11-12H2,1-4H3/t17-,24-/m1/s1. The van der Waals surface area contributed by atoms with Gasteiger partial charge in [0.25, 0.3) is 0 Å². The van der Waals surface area contributed by atoms with Crippen LogP contribution in [0.15, 0.2) is 69.5 Å². The Morgan fingerprint density at radius 1 is 1.00 bits per heavy atom. The van der Waals surface area contributed by atoms with Gasteiger partial charge in [-0.25, -0.2) is 4.79 Å². The Labute approximate surface area is 201 Å². The highest BCUT2D eigenvalue weighted by Crippen LogP contribution is 2.46. The van der Waals surface area contributed by atoms with Crippen LogP contribution in [0.2, 0.25) is 0 Å². The number of allylic oxidation sites excluding steroid dienone is 3. The van der Waals surface area contributed by atoms with Crippen molar-refractivity contribution < 1.29 is 23.8 Å². The molecule has 33 heavy (non-hydrogen) atoms. The third-order valence-electron chi connectivity index (χ3n) is 6.29. The summed E-state index contributed by atoms with van der Waals surface area (Å²) < 4.78 is 16.8. The van der Waals surface area contributed by atoms with Crippen molar-refractivity contribution in [3.8, 4) is 11.5 Å². The molecule has 0 radical (unpaired) electrons. The van der Waals surface area contributed by atoms with Crippen molar-refractivity contribution in [1.82, 2.24) is 5.32 Å². The van der Waals surface area contributed by atoms with Gasteiger partial charge < -0.3 is 19.5 Å². The first kappa shape index (κ1) is 23.1. The number of nitrogens with one attached hydrogen (secondary N) is 1. The minimum Gasteiger partial charge on any atom is -0.493 e. The molecule has 2 aliphatic rings. The monoisotopic (exact) mass is 511 g/mol. The molecule has 172 valence electrons. The van der Waals surface area contributed by atoms with Gasteiger partial charge in [-0.1, -0.05) is 34.1 Å². The third kappa shape index (κ3) is 4.29. The summed E-state index contributed by atoms with van der Waals surface area (Å²) in [5.41, 5.74) is 4.53. The maximum Gasteiger partial charge on any atom is 0.336 e. The van der Waals surface area contributed by atoms with E-state index in [1.54, 1.807) is 14.2 Å². The second-order valence-electron chi connectivity index (χ2n) is 8.18. The first-order chi connectivity index (χ1) is 15.9. The van der Waals surface area contributed by atoms with E-state index in [-0.39, 0.29) is 11.7 Å². The largest absolute Gasteiger partial charge is 0.493 e. The zero-order valence-corrected chi connectivity index (χ0v) is 20.6. The van der Waals surface area contributed by atoms with Crippen molar-refractivity contribution in [3.63, 3.8) is 0 Å². The van der Waals surface area contributed by atoms with E-state index in [4.69, 9.17) is 14.2 Å². The molecule has 7 heteroatoms. The molecular formula is C26H26BrNO5. The van der Waals surface area contributed by atoms with Crippen LogP contribution in [-0.2, 0) is 14.3 Å². The summed E-state index contributed by atoms with van der Waals surface area (Å²) in [6.45, 7) is 1.85. The Bertz CT molecular complexity index is 1180. The lowest BCUT2D eigenvalue weighted by atomic mass is 9.71. The van der Waals surface area contributed by atoms with Gasteiger partial charge in [0.2, 0.25) is 0 Å². The minimum absolute atomic E-state index is 0.0146. The Balaban J connectivity index is 1.78. The normalized spacial score (nSPS) is 20.2. The number of dihydropyridines is 1. The van der Waals surface area contributed by atoms with E-state index in [9.17, 15) is 9.59 Å². The Kier molecular flexibility index (Phi) is 6.61. The molecule has 0 unspecified atom stereocenters. The topological polar surface area (TPSA) is 73.9 Å². The molecule has 1 aliphatic carbocycles. The van der Waals surface area contributed by atoms with Crippen molar-refractivity contribution in [1.29, 1.82) is 0 Å². The number of hydrogen-bond acceptors (Lipinski definition) is 6. The number of Topliss-reactive ketones (excluding diaryl/α,β-unsaturated/α-hetero) is 1. The van der Waals surface area contributed by atoms with Crippen molar-refractivity contribution in [2.45, 2.75) is 31.6 Å². The maximum atomic E-state index is 13.6. The molecule has 0 saturated heterocycles. The number of esters is 1. The summed E-state index contributed by atoms with van der Waals surface area (Å²) in [4.78, 5) is 26.3. The molecule has 0 amide bonds. The first-order valence-electron chi connectivity index (χ1n) is 10.7. The van der Waals surface area contributed by atoms with Gasteiger partial charge in [-0.2, -0.15) is 0 Å². The van der Waals surface area contributed by atoms with Crippen molar-refractivity contribution in [3.05, 3.63) is 80.6 Å². The van der Waals surface area contributed by atoms with E-state index < -0.39 is 11.9 Å². The average molecular weight is 512 g/mol. The van der Waals surface area contributed by atoms with Crippen LogP contribution in [-0.4, -0.2) is 33.1 Å². The van der Waals surface area contributed by atoms with E-state index >= 15 is 0 Å². The maximum absolute atomic E-state index is 13.6. The molecule has 2 aromatic carbocycles. The highest BCUT2D eigenvalue weighted by atomic mass is 79.9. The number of methoxy groups -OCH3 is 3. The molecule has 1 heterocycles. The fourth-order valence-electron chi connectivity index (χ4n) is 4.78. The summed E-state index contributed by atoms with van der Waals surface area (Å²) >= 11 is 3.52. The molecule has 2 atom stereocenters. The predicted octanol–water partition coefficient (Wildman–Crippen LogP) is 5.00. The van der Waals surface area contributed by atoms with E-state index in [2.05, 4.69) is 21.2 Å². The molecule has 0 spiro atoms. The minimum atomic E-state index is -0.481.